The lowest BCUT2D eigenvalue weighted by Gasteiger charge is -2.35. The van der Waals surface area contributed by atoms with Crippen LogP contribution >= 0.6 is 0 Å². The number of nitrogens with zero attached hydrogens (tertiary/aromatic N) is 4. The molecule has 1 amide bonds. The number of benzene rings is 1. The fourth-order valence-corrected chi connectivity index (χ4v) is 4.44. The summed E-state index contributed by atoms with van der Waals surface area (Å²) < 4.78 is 14.3. The first-order valence-corrected chi connectivity index (χ1v) is 10.8. The summed E-state index contributed by atoms with van der Waals surface area (Å²) in [5.74, 6) is -0.845. The Labute approximate surface area is 182 Å². The fraction of sp³-hybridized carbons (Fsp3) is 0.500. The van der Waals surface area contributed by atoms with Gasteiger partial charge in [0.2, 0.25) is 11.9 Å². The number of aromatic nitrogens is 2. The van der Waals surface area contributed by atoms with E-state index in [2.05, 4.69) is 50.4 Å². The number of hydrogen-bond acceptors (Lipinski definition) is 7. The summed E-state index contributed by atoms with van der Waals surface area (Å²) in [4.78, 5) is 24.7. The van der Waals surface area contributed by atoms with Gasteiger partial charge >= 0.3 is 0 Å². The van der Waals surface area contributed by atoms with E-state index in [0.29, 0.717) is 12.4 Å². The van der Waals surface area contributed by atoms with Crippen LogP contribution in [-0.4, -0.2) is 60.0 Å². The van der Waals surface area contributed by atoms with Crippen LogP contribution in [0.2, 0.25) is 0 Å². The van der Waals surface area contributed by atoms with Crippen molar-refractivity contribution >= 4 is 29.0 Å². The number of nitrogens with one attached hydrogen (secondary N) is 2. The molecule has 0 spiro atoms. The van der Waals surface area contributed by atoms with Gasteiger partial charge < -0.3 is 26.2 Å². The summed E-state index contributed by atoms with van der Waals surface area (Å²) in [7, 11) is 2.14. The standard InChI is InChI=1S/C22H30FN7O/c1-14-12-15(6-7-19(14)30-10-8-29(2)9-11-30)26-22-25-13-17(23)21(28-22)27-18-5-3-4-16(18)20(24)31/h6-7,12-13,16,18H,3-5,8-11H2,1-2H3,(H2,24,31)(H2,25,26,27,28)/t16-,18-/m0/s1. The number of nitrogens with two attached hydrogens (primary N) is 1. The van der Waals surface area contributed by atoms with E-state index >= 15 is 0 Å². The molecule has 1 saturated heterocycles. The van der Waals surface area contributed by atoms with Crippen molar-refractivity contribution < 1.29 is 9.18 Å². The maximum Gasteiger partial charge on any atom is 0.229 e. The third kappa shape index (κ3) is 4.87. The molecule has 1 aromatic carbocycles. The highest BCUT2D eigenvalue weighted by Gasteiger charge is 2.32. The molecule has 2 atom stereocenters. The van der Waals surface area contributed by atoms with Gasteiger partial charge in [-0.15, -0.1) is 0 Å². The zero-order valence-corrected chi connectivity index (χ0v) is 18.1. The Morgan fingerprint density at radius 3 is 2.71 bits per heavy atom. The highest BCUT2D eigenvalue weighted by atomic mass is 19.1. The van der Waals surface area contributed by atoms with E-state index < -0.39 is 5.82 Å². The van der Waals surface area contributed by atoms with E-state index in [1.165, 1.54) is 5.69 Å². The second-order valence-corrected chi connectivity index (χ2v) is 8.50. The first-order chi connectivity index (χ1) is 14.9. The van der Waals surface area contributed by atoms with Crippen molar-refractivity contribution in [3.8, 4) is 0 Å². The number of rotatable bonds is 6. The van der Waals surface area contributed by atoms with Crippen molar-refractivity contribution in [1.29, 1.82) is 0 Å². The van der Waals surface area contributed by atoms with Gasteiger partial charge in [-0.1, -0.05) is 6.42 Å². The van der Waals surface area contributed by atoms with Gasteiger partial charge in [-0.05, 0) is 50.6 Å². The first-order valence-electron chi connectivity index (χ1n) is 10.8. The number of hydrogen-bond donors (Lipinski definition) is 3. The van der Waals surface area contributed by atoms with Gasteiger partial charge in [0.1, 0.15) is 0 Å². The van der Waals surface area contributed by atoms with Crippen LogP contribution < -0.4 is 21.3 Å². The van der Waals surface area contributed by atoms with Crippen molar-refractivity contribution in [3.63, 3.8) is 0 Å². The van der Waals surface area contributed by atoms with E-state index in [0.717, 1.165) is 56.5 Å². The monoisotopic (exact) mass is 427 g/mol. The summed E-state index contributed by atoms with van der Waals surface area (Å²) >= 11 is 0. The van der Waals surface area contributed by atoms with Crippen LogP contribution in [0.5, 0.6) is 0 Å². The predicted molar refractivity (Wildman–Crippen MR) is 120 cm³/mol. The quantitative estimate of drug-likeness (QED) is 0.651. The molecule has 4 N–H and O–H groups in total. The molecular weight excluding hydrogens is 397 g/mol. The number of carbonyl (C=O) groups is 1. The summed E-state index contributed by atoms with van der Waals surface area (Å²) in [5.41, 5.74) is 8.69. The summed E-state index contributed by atoms with van der Waals surface area (Å²) in [6, 6.07) is 5.93. The highest BCUT2D eigenvalue weighted by molar-refractivity contribution is 5.78. The maximum atomic E-state index is 14.3. The number of piperazine rings is 1. The average molecular weight is 428 g/mol. The molecule has 4 rings (SSSR count). The van der Waals surface area contributed by atoms with Crippen LogP contribution in [0.3, 0.4) is 0 Å². The van der Waals surface area contributed by atoms with Crippen molar-refractivity contribution in [2.75, 3.05) is 48.8 Å². The number of aryl methyl sites for hydroxylation is 1. The molecule has 0 bridgehead atoms. The lowest BCUT2D eigenvalue weighted by molar-refractivity contribution is -0.121. The number of primary amides is 1. The van der Waals surface area contributed by atoms with Gasteiger partial charge in [-0.2, -0.15) is 4.98 Å². The number of likely N-dealkylation sites (N-methyl/N-ethyl adjacent to an activating group) is 1. The van der Waals surface area contributed by atoms with E-state index in [4.69, 9.17) is 5.73 Å². The number of amides is 1. The van der Waals surface area contributed by atoms with Crippen molar-refractivity contribution in [3.05, 3.63) is 35.8 Å². The van der Waals surface area contributed by atoms with Crippen LogP contribution in [0.1, 0.15) is 24.8 Å². The molecular formula is C22H30FN7O. The molecule has 2 aromatic rings. The molecule has 0 unspecified atom stereocenters. The number of carbonyl (C=O) groups excluding carboxylic acids is 1. The predicted octanol–water partition coefficient (Wildman–Crippen LogP) is 2.49. The molecule has 9 heteroatoms. The second kappa shape index (κ2) is 9.05. The molecule has 1 saturated carbocycles. The summed E-state index contributed by atoms with van der Waals surface area (Å²) in [6.45, 7) is 6.20. The Morgan fingerprint density at radius 1 is 1.23 bits per heavy atom. The molecule has 1 aliphatic heterocycles. The fourth-order valence-electron chi connectivity index (χ4n) is 4.44. The van der Waals surface area contributed by atoms with Crippen molar-refractivity contribution in [2.24, 2.45) is 11.7 Å². The minimum Gasteiger partial charge on any atom is -0.369 e. The molecule has 2 aliphatic rings. The number of anilines is 4. The molecule has 31 heavy (non-hydrogen) atoms. The smallest absolute Gasteiger partial charge is 0.229 e. The molecule has 166 valence electrons. The van der Waals surface area contributed by atoms with E-state index in [1.54, 1.807) is 0 Å². The van der Waals surface area contributed by atoms with Crippen LogP contribution in [0.25, 0.3) is 0 Å². The van der Waals surface area contributed by atoms with Gasteiger partial charge in [0, 0.05) is 43.6 Å². The molecule has 2 heterocycles. The highest BCUT2D eigenvalue weighted by Crippen LogP contribution is 2.30. The Morgan fingerprint density at radius 2 is 2.00 bits per heavy atom. The zero-order chi connectivity index (χ0) is 22.0. The lowest BCUT2D eigenvalue weighted by atomic mass is 10.0. The van der Waals surface area contributed by atoms with E-state index in [1.807, 2.05) is 12.1 Å². The third-order valence-electron chi connectivity index (χ3n) is 6.24. The van der Waals surface area contributed by atoms with Crippen LogP contribution in [0.4, 0.5) is 27.5 Å². The largest absolute Gasteiger partial charge is 0.369 e. The van der Waals surface area contributed by atoms with E-state index in [9.17, 15) is 9.18 Å². The SMILES string of the molecule is Cc1cc(Nc2ncc(F)c(N[C@H]3CCC[C@@H]3C(N)=O)n2)ccc1N1CCN(C)CC1. The summed E-state index contributed by atoms with van der Waals surface area (Å²) in [5, 5.41) is 6.22. The third-order valence-corrected chi connectivity index (χ3v) is 6.24. The molecule has 8 nitrogen and oxygen atoms in total. The Bertz CT molecular complexity index is 945. The molecule has 1 aliphatic carbocycles. The maximum absolute atomic E-state index is 14.3. The van der Waals surface area contributed by atoms with Gasteiger partial charge in [0.15, 0.2) is 11.6 Å². The van der Waals surface area contributed by atoms with Crippen LogP contribution in [0, 0.1) is 18.7 Å². The number of halogens is 1. The van der Waals surface area contributed by atoms with Crippen LogP contribution in [0.15, 0.2) is 24.4 Å². The Hall–Kier alpha value is -2.94. The van der Waals surface area contributed by atoms with Gasteiger partial charge in [0.05, 0.1) is 12.1 Å². The topological polar surface area (TPSA) is 99.4 Å². The van der Waals surface area contributed by atoms with E-state index in [-0.39, 0.29) is 23.7 Å². The Kier molecular flexibility index (Phi) is 6.22. The van der Waals surface area contributed by atoms with Gasteiger partial charge in [-0.3, -0.25) is 4.79 Å². The normalized spacial score (nSPS) is 21.8. The average Bonchev–Trinajstić information content (AvgIpc) is 3.20. The zero-order valence-electron chi connectivity index (χ0n) is 18.1. The Balaban J connectivity index is 1.46. The molecule has 2 fully saturated rings. The van der Waals surface area contributed by atoms with Crippen LogP contribution in [-0.2, 0) is 4.79 Å². The van der Waals surface area contributed by atoms with Crippen molar-refractivity contribution in [1.82, 2.24) is 14.9 Å². The van der Waals surface area contributed by atoms with Gasteiger partial charge in [-0.25, -0.2) is 9.37 Å². The first kappa shape index (κ1) is 21.3. The minimum absolute atomic E-state index is 0.0847. The van der Waals surface area contributed by atoms with Crippen molar-refractivity contribution in [2.45, 2.75) is 32.2 Å². The lowest BCUT2D eigenvalue weighted by Crippen LogP contribution is -2.44. The molecule has 1 aromatic heterocycles. The van der Waals surface area contributed by atoms with Gasteiger partial charge in [0.25, 0.3) is 0 Å². The minimum atomic E-state index is -0.553. The second-order valence-electron chi connectivity index (χ2n) is 8.50. The molecule has 0 radical (unpaired) electrons. The summed E-state index contributed by atoms with van der Waals surface area (Å²) in [6.07, 6.45) is 3.48.